The number of hydrogen-bond donors (Lipinski definition) is 1. The third-order valence-corrected chi connectivity index (χ3v) is 6.46. The van der Waals surface area contributed by atoms with Gasteiger partial charge in [0, 0.05) is 5.41 Å². The Morgan fingerprint density at radius 2 is 1.66 bits per heavy atom. The summed E-state index contributed by atoms with van der Waals surface area (Å²) < 4.78 is 11.4. The highest BCUT2D eigenvalue weighted by atomic mass is 35.5. The van der Waals surface area contributed by atoms with Gasteiger partial charge < -0.3 is 9.47 Å². The SMILES string of the molecule is N=C1/C(=C/c2ccc(OCCOc3ccccc3Cl)cc2)C(=O)N=C2SC=C(c3ccccc3)N12. The van der Waals surface area contributed by atoms with Crippen LogP contribution in [0.4, 0.5) is 0 Å². The summed E-state index contributed by atoms with van der Waals surface area (Å²) in [5.74, 6) is 0.975. The van der Waals surface area contributed by atoms with E-state index in [4.69, 9.17) is 26.5 Å². The maximum atomic E-state index is 12.7. The van der Waals surface area contributed by atoms with Crippen LogP contribution in [0.1, 0.15) is 11.1 Å². The molecule has 0 atom stereocenters. The topological polar surface area (TPSA) is 75.0 Å². The zero-order valence-electron chi connectivity index (χ0n) is 18.5. The number of halogens is 1. The monoisotopic (exact) mass is 501 g/mol. The van der Waals surface area contributed by atoms with E-state index in [2.05, 4.69) is 4.99 Å². The summed E-state index contributed by atoms with van der Waals surface area (Å²) in [4.78, 5) is 18.6. The van der Waals surface area contributed by atoms with Crippen molar-refractivity contribution in [2.75, 3.05) is 13.2 Å². The lowest BCUT2D eigenvalue weighted by Gasteiger charge is -2.26. The molecule has 1 amide bonds. The van der Waals surface area contributed by atoms with Crippen molar-refractivity contribution in [3.05, 3.63) is 106 Å². The van der Waals surface area contributed by atoms with Crippen molar-refractivity contribution >= 4 is 52.0 Å². The number of thioether (sulfide) groups is 1. The first-order valence-electron chi connectivity index (χ1n) is 10.9. The van der Waals surface area contributed by atoms with E-state index in [1.165, 1.54) is 11.8 Å². The van der Waals surface area contributed by atoms with E-state index in [9.17, 15) is 4.79 Å². The highest BCUT2D eigenvalue weighted by molar-refractivity contribution is 8.17. The molecule has 0 unspecified atom stereocenters. The molecule has 6 nitrogen and oxygen atoms in total. The molecule has 1 N–H and O–H groups in total. The van der Waals surface area contributed by atoms with Crippen LogP contribution in [-0.2, 0) is 4.79 Å². The van der Waals surface area contributed by atoms with E-state index < -0.39 is 5.91 Å². The predicted octanol–water partition coefficient (Wildman–Crippen LogP) is 6.10. The normalized spacial score (nSPS) is 16.1. The number of hydrogen-bond acceptors (Lipinski definition) is 5. The second-order valence-electron chi connectivity index (χ2n) is 7.62. The minimum atomic E-state index is -0.423. The van der Waals surface area contributed by atoms with Gasteiger partial charge in [0.15, 0.2) is 5.17 Å². The van der Waals surface area contributed by atoms with Crippen LogP contribution < -0.4 is 9.47 Å². The first-order valence-corrected chi connectivity index (χ1v) is 12.1. The molecule has 35 heavy (non-hydrogen) atoms. The number of fused-ring (bicyclic) bond motifs is 1. The Balaban J connectivity index is 1.25. The quantitative estimate of drug-likeness (QED) is 0.312. The van der Waals surface area contributed by atoms with Crippen molar-refractivity contribution in [2.24, 2.45) is 4.99 Å². The Bertz CT molecular complexity index is 1370. The molecule has 2 aliphatic rings. The zero-order chi connectivity index (χ0) is 24.2. The van der Waals surface area contributed by atoms with E-state index in [1.807, 2.05) is 72.1 Å². The van der Waals surface area contributed by atoms with Gasteiger partial charge in [-0.3, -0.25) is 15.1 Å². The van der Waals surface area contributed by atoms with Crippen molar-refractivity contribution in [3.8, 4) is 11.5 Å². The molecule has 2 heterocycles. The molecule has 0 saturated carbocycles. The Morgan fingerprint density at radius 1 is 0.943 bits per heavy atom. The molecule has 5 rings (SSSR count). The number of ether oxygens (including phenoxy) is 2. The lowest BCUT2D eigenvalue weighted by Crippen LogP contribution is -2.38. The van der Waals surface area contributed by atoms with Crippen molar-refractivity contribution in [3.63, 3.8) is 0 Å². The van der Waals surface area contributed by atoms with E-state index in [-0.39, 0.29) is 11.4 Å². The molecule has 174 valence electrons. The minimum Gasteiger partial charge on any atom is -0.490 e. The van der Waals surface area contributed by atoms with Gasteiger partial charge >= 0.3 is 0 Å². The van der Waals surface area contributed by atoms with Gasteiger partial charge in [-0.15, -0.1) is 0 Å². The third kappa shape index (κ3) is 5.01. The molecule has 0 radical (unpaired) electrons. The van der Waals surface area contributed by atoms with Crippen LogP contribution in [-0.4, -0.2) is 35.0 Å². The Labute approximate surface area is 212 Å². The highest BCUT2D eigenvalue weighted by Gasteiger charge is 2.36. The van der Waals surface area contributed by atoms with Crippen LogP contribution >= 0.6 is 23.4 Å². The summed E-state index contributed by atoms with van der Waals surface area (Å²) in [6.07, 6.45) is 1.68. The van der Waals surface area contributed by atoms with Gasteiger partial charge in [-0.05, 0) is 41.5 Å². The zero-order valence-corrected chi connectivity index (χ0v) is 20.1. The van der Waals surface area contributed by atoms with Crippen LogP contribution in [0.25, 0.3) is 11.8 Å². The maximum Gasteiger partial charge on any atom is 0.283 e. The maximum absolute atomic E-state index is 12.7. The van der Waals surface area contributed by atoms with Crippen molar-refractivity contribution in [1.29, 1.82) is 5.41 Å². The summed E-state index contributed by atoms with van der Waals surface area (Å²) >= 11 is 7.43. The number of para-hydroxylation sites is 1. The van der Waals surface area contributed by atoms with Gasteiger partial charge in [0.25, 0.3) is 5.91 Å². The largest absolute Gasteiger partial charge is 0.490 e. The van der Waals surface area contributed by atoms with Crippen LogP contribution in [0.3, 0.4) is 0 Å². The number of carbonyl (C=O) groups is 1. The molecule has 3 aromatic rings. The molecule has 8 heteroatoms. The number of amidine groups is 2. The summed E-state index contributed by atoms with van der Waals surface area (Å²) in [6, 6.07) is 24.4. The number of nitrogens with one attached hydrogen (secondary N) is 1. The fourth-order valence-corrected chi connectivity index (χ4v) is 4.69. The second kappa shape index (κ2) is 10.2. The molecule has 3 aromatic carbocycles. The van der Waals surface area contributed by atoms with Gasteiger partial charge in [0.2, 0.25) is 0 Å². The van der Waals surface area contributed by atoms with Gasteiger partial charge in [0.05, 0.1) is 16.3 Å². The van der Waals surface area contributed by atoms with Gasteiger partial charge in [0.1, 0.15) is 30.5 Å². The van der Waals surface area contributed by atoms with Crippen molar-refractivity contribution < 1.29 is 14.3 Å². The number of benzene rings is 3. The number of amides is 1. The van der Waals surface area contributed by atoms with Crippen LogP contribution in [0.2, 0.25) is 5.02 Å². The standard InChI is InChI=1S/C27H20ClN3O3S/c28-22-8-4-5-9-24(22)34-15-14-33-20-12-10-18(11-13-20)16-21-25(29)31-23(19-6-2-1-3-7-19)17-35-27(31)30-26(21)32/h1-13,16-17,29H,14-15H2/b21-16-,29-25?. The lowest BCUT2D eigenvalue weighted by molar-refractivity contribution is -0.114. The number of aliphatic imine (C=N–C) groups is 1. The Kier molecular flexibility index (Phi) is 6.70. The molecule has 0 fully saturated rings. The average molecular weight is 502 g/mol. The first-order chi connectivity index (χ1) is 17.1. The highest BCUT2D eigenvalue weighted by Crippen LogP contribution is 2.37. The molecule has 2 aliphatic heterocycles. The fraction of sp³-hybridized carbons (Fsp3) is 0.0741. The number of carbonyl (C=O) groups excluding carboxylic acids is 1. The van der Waals surface area contributed by atoms with Gasteiger partial charge in [-0.2, -0.15) is 4.99 Å². The Hall–Kier alpha value is -3.81. The molecular formula is C27H20ClN3O3S. The van der Waals surface area contributed by atoms with E-state index in [0.29, 0.717) is 34.9 Å². The summed E-state index contributed by atoms with van der Waals surface area (Å²) in [6.45, 7) is 0.708. The third-order valence-electron chi connectivity index (χ3n) is 5.32. The van der Waals surface area contributed by atoms with Crippen molar-refractivity contribution in [1.82, 2.24) is 4.90 Å². The van der Waals surface area contributed by atoms with E-state index >= 15 is 0 Å². The van der Waals surface area contributed by atoms with E-state index in [1.54, 1.807) is 23.1 Å². The van der Waals surface area contributed by atoms with Gasteiger partial charge in [-0.25, -0.2) is 0 Å². The molecule has 0 aliphatic carbocycles. The minimum absolute atomic E-state index is 0.108. The summed E-state index contributed by atoms with van der Waals surface area (Å²) in [5, 5.41) is 11.7. The summed E-state index contributed by atoms with van der Waals surface area (Å²) in [7, 11) is 0. The fourth-order valence-electron chi connectivity index (χ4n) is 3.61. The lowest BCUT2D eigenvalue weighted by atomic mass is 10.1. The van der Waals surface area contributed by atoms with Crippen molar-refractivity contribution in [2.45, 2.75) is 0 Å². The Morgan fingerprint density at radius 3 is 2.43 bits per heavy atom. The molecule has 0 bridgehead atoms. The smallest absolute Gasteiger partial charge is 0.283 e. The first kappa shape index (κ1) is 23.0. The second-order valence-corrected chi connectivity index (χ2v) is 8.87. The van der Waals surface area contributed by atoms with E-state index in [0.717, 1.165) is 16.8 Å². The summed E-state index contributed by atoms with van der Waals surface area (Å²) in [5.41, 5.74) is 2.80. The van der Waals surface area contributed by atoms with Crippen LogP contribution in [0, 0.1) is 5.41 Å². The number of nitrogens with zero attached hydrogens (tertiary/aromatic N) is 2. The molecule has 0 saturated heterocycles. The predicted molar refractivity (Wildman–Crippen MR) is 141 cm³/mol. The van der Waals surface area contributed by atoms with Crippen LogP contribution in [0.15, 0.2) is 94.8 Å². The van der Waals surface area contributed by atoms with Crippen LogP contribution in [0.5, 0.6) is 11.5 Å². The molecule has 0 spiro atoms. The average Bonchev–Trinajstić information content (AvgIpc) is 3.31. The number of rotatable bonds is 7. The molecule has 0 aromatic heterocycles. The molecular weight excluding hydrogens is 482 g/mol. The van der Waals surface area contributed by atoms with Gasteiger partial charge in [-0.1, -0.05) is 78.0 Å².